The molecule has 0 saturated carbocycles. The van der Waals surface area contributed by atoms with E-state index in [1.165, 1.54) is 11.3 Å². The quantitative estimate of drug-likeness (QED) is 0.487. The van der Waals surface area contributed by atoms with Crippen LogP contribution in [0.1, 0.15) is 45.2 Å². The number of hydrogen-bond donors (Lipinski definition) is 0. The third-order valence-electron chi connectivity index (χ3n) is 7.59. The monoisotopic (exact) mass is 491 g/mol. The predicted octanol–water partition coefficient (Wildman–Crippen LogP) is 5.48. The number of nitrogens with zero attached hydrogens (tertiary/aromatic N) is 1. The Labute approximate surface area is 212 Å². The van der Waals surface area contributed by atoms with Crippen LogP contribution in [0, 0.1) is 5.41 Å². The predicted molar refractivity (Wildman–Crippen MR) is 136 cm³/mol. The summed E-state index contributed by atoms with van der Waals surface area (Å²) >= 11 is 1.40. The lowest BCUT2D eigenvalue weighted by Crippen LogP contribution is -2.40. The minimum absolute atomic E-state index is 0.00851. The molecule has 1 fully saturated rings. The number of carbonyl (C=O) groups excluding carboxylic acids is 3. The van der Waals surface area contributed by atoms with E-state index in [0.29, 0.717) is 21.8 Å². The minimum Gasteiger partial charge on any atom is -0.491 e. The van der Waals surface area contributed by atoms with Crippen LogP contribution >= 0.6 is 11.3 Å². The zero-order valence-electron chi connectivity index (χ0n) is 19.3. The molecule has 2 aromatic carbocycles. The molecule has 2 aliphatic heterocycles. The Balaban J connectivity index is 1.46. The molecule has 1 atom stereocenters. The van der Waals surface area contributed by atoms with Gasteiger partial charge in [-0.05, 0) is 28.6 Å². The first-order chi connectivity index (χ1) is 17.6. The van der Waals surface area contributed by atoms with Gasteiger partial charge in [0.2, 0.25) is 5.91 Å². The second kappa shape index (κ2) is 7.73. The molecule has 1 spiro atoms. The average molecular weight is 492 g/mol. The summed E-state index contributed by atoms with van der Waals surface area (Å²) in [5, 5.41) is 1.88. The molecular weight excluding hydrogens is 470 g/mol. The van der Waals surface area contributed by atoms with E-state index >= 15 is 0 Å². The molecule has 3 aromatic rings. The fourth-order valence-electron chi connectivity index (χ4n) is 6.01. The molecule has 36 heavy (non-hydrogen) atoms. The maximum Gasteiger partial charge on any atom is 0.246 e. The number of carbonyl (C=O) groups is 3. The average Bonchev–Trinajstić information content (AvgIpc) is 3.59. The molecule has 176 valence electrons. The Morgan fingerprint density at radius 3 is 2.31 bits per heavy atom. The minimum atomic E-state index is -1.19. The van der Waals surface area contributed by atoms with Crippen LogP contribution < -0.4 is 0 Å². The number of ether oxygens (including phenoxy) is 1. The number of ketones is 2. The van der Waals surface area contributed by atoms with Gasteiger partial charge in [0.1, 0.15) is 17.8 Å². The van der Waals surface area contributed by atoms with Crippen molar-refractivity contribution in [1.82, 2.24) is 4.90 Å². The van der Waals surface area contributed by atoms with Gasteiger partial charge in [0.05, 0.1) is 10.9 Å². The van der Waals surface area contributed by atoms with Crippen molar-refractivity contribution in [3.63, 3.8) is 0 Å². The van der Waals surface area contributed by atoms with E-state index in [1.807, 2.05) is 83.1 Å². The second-order valence-corrected chi connectivity index (χ2v) is 10.4. The second-order valence-electron chi connectivity index (χ2n) is 9.48. The van der Waals surface area contributed by atoms with Crippen molar-refractivity contribution in [2.45, 2.75) is 18.9 Å². The SMILES string of the molecule is O=C1C=C2C(=CC1)N(C(c1ccccc1)c1ccccc1)C(=O)C21COC2=C1CC(=O)c1sccc12. The molecule has 1 saturated heterocycles. The maximum atomic E-state index is 14.7. The van der Waals surface area contributed by atoms with E-state index in [2.05, 4.69) is 0 Å². The standard InChI is InChI=1S/C30H21NO4S/c32-20-11-12-24-22(15-20)30(17-35-27-21-13-14-36-28(21)25(33)16-23(27)30)29(34)31(24)26(18-7-3-1-4-8-18)19-9-5-2-6-10-19/h1-10,12-15,26H,11,16-17H2. The highest BCUT2D eigenvalue weighted by Crippen LogP contribution is 2.60. The molecule has 7 rings (SSSR count). The highest BCUT2D eigenvalue weighted by Gasteiger charge is 2.63. The normalized spacial score (nSPS) is 22.5. The number of hydrogen-bond acceptors (Lipinski definition) is 5. The van der Waals surface area contributed by atoms with E-state index in [0.717, 1.165) is 22.4 Å². The van der Waals surface area contributed by atoms with Crippen LogP contribution in [0.2, 0.25) is 0 Å². The van der Waals surface area contributed by atoms with Crippen LogP contribution in [-0.2, 0) is 14.3 Å². The van der Waals surface area contributed by atoms with E-state index < -0.39 is 5.41 Å². The van der Waals surface area contributed by atoms with E-state index in [1.54, 1.807) is 6.08 Å². The number of likely N-dealkylation sites (tertiary alicyclic amines) is 1. The number of Topliss-reactive ketones (excluding diaryl/α,β-unsaturated/α-hetero) is 1. The summed E-state index contributed by atoms with van der Waals surface area (Å²) < 4.78 is 6.23. The summed E-state index contributed by atoms with van der Waals surface area (Å²) in [6, 6.07) is 21.4. The van der Waals surface area contributed by atoms with E-state index in [4.69, 9.17) is 4.74 Å². The molecular formula is C30H21NO4S. The lowest BCUT2D eigenvalue weighted by atomic mass is 9.71. The first-order valence-electron chi connectivity index (χ1n) is 12.0. The van der Waals surface area contributed by atoms with Gasteiger partial charge in [-0.3, -0.25) is 19.3 Å². The fraction of sp³-hybridized carbons (Fsp3) is 0.167. The largest absolute Gasteiger partial charge is 0.491 e. The Hall–Kier alpha value is -4.03. The van der Waals surface area contributed by atoms with E-state index in [9.17, 15) is 14.4 Å². The van der Waals surface area contributed by atoms with Crippen LogP contribution in [0.15, 0.2) is 101 Å². The van der Waals surface area contributed by atoms with Crippen LogP contribution in [0.3, 0.4) is 0 Å². The lowest BCUT2D eigenvalue weighted by Gasteiger charge is -2.31. The van der Waals surface area contributed by atoms with Crippen molar-refractivity contribution >= 4 is 34.6 Å². The lowest BCUT2D eigenvalue weighted by molar-refractivity contribution is -0.135. The summed E-state index contributed by atoms with van der Waals surface area (Å²) in [5.74, 6) is 0.413. The number of benzene rings is 2. The molecule has 0 radical (unpaired) electrons. The summed E-state index contributed by atoms with van der Waals surface area (Å²) in [4.78, 5) is 43.0. The molecule has 5 nitrogen and oxygen atoms in total. The molecule has 1 aromatic heterocycles. The number of allylic oxidation sites excluding steroid dienone is 3. The first kappa shape index (κ1) is 21.3. The fourth-order valence-corrected chi connectivity index (χ4v) is 6.85. The molecule has 0 N–H and O–H groups in total. The van der Waals surface area contributed by atoms with Crippen LogP contribution in [0.4, 0.5) is 0 Å². The van der Waals surface area contributed by atoms with Crippen molar-refractivity contribution < 1.29 is 19.1 Å². The number of thiophene rings is 1. The number of rotatable bonds is 3. The van der Waals surface area contributed by atoms with Gasteiger partial charge in [-0.2, -0.15) is 0 Å². The van der Waals surface area contributed by atoms with Gasteiger partial charge in [-0.1, -0.05) is 66.7 Å². The maximum absolute atomic E-state index is 14.7. The Kier molecular flexibility index (Phi) is 4.57. The molecule has 3 heterocycles. The first-order valence-corrected chi connectivity index (χ1v) is 12.8. The number of fused-ring (bicyclic) bond motifs is 5. The van der Waals surface area contributed by atoms with Gasteiger partial charge < -0.3 is 4.74 Å². The molecule has 1 unspecified atom stereocenters. The molecule has 6 heteroatoms. The van der Waals surface area contributed by atoms with Gasteiger partial charge in [0.25, 0.3) is 0 Å². The summed E-state index contributed by atoms with van der Waals surface area (Å²) in [7, 11) is 0. The third kappa shape index (κ3) is 2.79. The van der Waals surface area contributed by atoms with E-state index in [-0.39, 0.29) is 43.0 Å². The van der Waals surface area contributed by atoms with Crippen LogP contribution in [-0.4, -0.2) is 29.0 Å². The van der Waals surface area contributed by atoms with Crippen molar-refractivity contribution in [3.05, 3.63) is 123 Å². The summed E-state index contributed by atoms with van der Waals surface area (Å²) in [5.41, 5.74) is 3.57. The topological polar surface area (TPSA) is 63.7 Å². The zero-order valence-corrected chi connectivity index (χ0v) is 20.1. The van der Waals surface area contributed by atoms with Gasteiger partial charge in [-0.25, -0.2) is 0 Å². The molecule has 0 bridgehead atoms. The highest BCUT2D eigenvalue weighted by molar-refractivity contribution is 7.12. The van der Waals surface area contributed by atoms with Crippen molar-refractivity contribution in [1.29, 1.82) is 0 Å². The molecule has 4 aliphatic rings. The summed E-state index contributed by atoms with van der Waals surface area (Å²) in [6.45, 7) is 0.0856. The summed E-state index contributed by atoms with van der Waals surface area (Å²) in [6.07, 6.45) is 3.81. The van der Waals surface area contributed by atoms with Gasteiger partial charge in [0.15, 0.2) is 11.6 Å². The van der Waals surface area contributed by atoms with Gasteiger partial charge in [0, 0.05) is 35.2 Å². The van der Waals surface area contributed by atoms with Crippen LogP contribution in [0.5, 0.6) is 0 Å². The molecule has 2 aliphatic carbocycles. The van der Waals surface area contributed by atoms with Gasteiger partial charge >= 0.3 is 0 Å². The van der Waals surface area contributed by atoms with Crippen molar-refractivity contribution in [3.8, 4) is 0 Å². The Bertz CT molecular complexity index is 1510. The van der Waals surface area contributed by atoms with Crippen LogP contribution in [0.25, 0.3) is 5.76 Å². The smallest absolute Gasteiger partial charge is 0.246 e. The highest BCUT2D eigenvalue weighted by atomic mass is 32.1. The zero-order chi connectivity index (χ0) is 24.4. The Morgan fingerprint density at radius 1 is 0.917 bits per heavy atom. The van der Waals surface area contributed by atoms with Gasteiger partial charge in [-0.15, -0.1) is 11.3 Å². The van der Waals surface area contributed by atoms with Crippen molar-refractivity contribution in [2.24, 2.45) is 5.41 Å². The molecule has 1 amide bonds. The third-order valence-corrected chi connectivity index (χ3v) is 8.55. The Morgan fingerprint density at radius 2 is 1.61 bits per heavy atom. The number of amides is 1. The van der Waals surface area contributed by atoms with Crippen molar-refractivity contribution in [2.75, 3.05) is 6.61 Å².